The van der Waals surface area contributed by atoms with Crippen LogP contribution in [-0.4, -0.2) is 20.1 Å². The van der Waals surface area contributed by atoms with E-state index in [-0.39, 0.29) is 0 Å². The molecule has 1 saturated heterocycles. The second-order valence-corrected chi connectivity index (χ2v) is 1.10. The molecule has 0 spiro atoms. The van der Waals surface area contributed by atoms with Crippen LogP contribution < -0.4 is 11.1 Å². The Morgan fingerprint density at radius 1 is 1.33 bits per heavy atom. The van der Waals surface area contributed by atoms with E-state index in [0.717, 1.165) is 0 Å². The van der Waals surface area contributed by atoms with Crippen molar-refractivity contribution in [1.29, 1.82) is 0 Å². The zero-order valence-corrected chi connectivity index (χ0v) is 4.20. The van der Waals surface area contributed by atoms with E-state index < -0.39 is 0 Å². The van der Waals surface area contributed by atoms with Gasteiger partial charge in [0, 0.05) is 0 Å². The van der Waals surface area contributed by atoms with Gasteiger partial charge in [-0.1, -0.05) is 0 Å². The van der Waals surface area contributed by atoms with Crippen LogP contribution in [0.15, 0.2) is 0 Å². The lowest BCUT2D eigenvalue weighted by Crippen LogP contribution is -2.29. The van der Waals surface area contributed by atoms with E-state index in [2.05, 4.69) is 11.1 Å². The van der Waals surface area contributed by atoms with E-state index in [4.69, 9.17) is 0 Å². The second kappa shape index (κ2) is 4.92. The van der Waals surface area contributed by atoms with Crippen molar-refractivity contribution in [2.24, 2.45) is 5.73 Å². The molecule has 0 aromatic heterocycles. The van der Waals surface area contributed by atoms with E-state index >= 15 is 0 Å². The Kier molecular flexibility index (Phi) is 4.85. The van der Waals surface area contributed by atoms with Crippen LogP contribution in [0.4, 0.5) is 0 Å². The molecule has 38 valence electrons. The van der Waals surface area contributed by atoms with Crippen LogP contribution in [0, 0.1) is 0 Å². The van der Waals surface area contributed by atoms with Crippen LogP contribution in [0.2, 0.25) is 0 Å². The Bertz CT molecular complexity index is 13.5. The van der Waals surface area contributed by atoms with Crippen molar-refractivity contribution in [3.05, 3.63) is 0 Å². The van der Waals surface area contributed by atoms with E-state index in [1.165, 1.54) is 26.6 Å². The molecule has 0 atom stereocenters. The number of rotatable bonds is 0. The Morgan fingerprint density at radius 2 is 1.50 bits per heavy atom. The van der Waals surface area contributed by atoms with Crippen molar-refractivity contribution in [3.8, 4) is 0 Å². The molecule has 0 unspecified atom stereocenters. The minimum Gasteiger partial charge on any atom is -0.333 e. The molecule has 1 fully saturated rings. The molecule has 1 aliphatic heterocycles. The van der Waals surface area contributed by atoms with Gasteiger partial charge in [-0.15, -0.1) is 0 Å². The highest BCUT2D eigenvalue weighted by molar-refractivity contribution is 4.56. The lowest BCUT2D eigenvalue weighted by atomic mass is 10.3. The van der Waals surface area contributed by atoms with E-state index in [1.54, 1.807) is 0 Å². The molecule has 2 heteroatoms. The summed E-state index contributed by atoms with van der Waals surface area (Å²) in [6.07, 6.45) is 1.39. The van der Waals surface area contributed by atoms with Crippen LogP contribution in [0.1, 0.15) is 6.42 Å². The fourth-order valence-electron chi connectivity index (χ4n) is 0.177. The number of hydrogen-bond donors (Lipinski definition) is 2. The SMILES string of the molecule is C1CNC1.CN. The maximum atomic E-state index is 4.50. The minimum absolute atomic E-state index is 1.25. The summed E-state index contributed by atoms with van der Waals surface area (Å²) in [5.74, 6) is 0. The van der Waals surface area contributed by atoms with E-state index in [0.29, 0.717) is 0 Å². The van der Waals surface area contributed by atoms with Gasteiger partial charge in [0.15, 0.2) is 0 Å². The third kappa shape index (κ3) is 2.18. The third-order valence-electron chi connectivity index (χ3n) is 0.707. The van der Waals surface area contributed by atoms with E-state index in [9.17, 15) is 0 Å². The Morgan fingerprint density at radius 3 is 1.50 bits per heavy atom. The van der Waals surface area contributed by atoms with Crippen molar-refractivity contribution < 1.29 is 0 Å². The predicted octanol–water partition coefficient (Wildman–Crippen LogP) is -0.445. The summed E-state index contributed by atoms with van der Waals surface area (Å²) >= 11 is 0. The molecule has 1 heterocycles. The lowest BCUT2D eigenvalue weighted by molar-refractivity contribution is 0.527. The molecule has 2 nitrogen and oxygen atoms in total. The highest BCUT2D eigenvalue weighted by atomic mass is 14.9. The largest absolute Gasteiger partial charge is 0.333 e. The molecule has 6 heavy (non-hydrogen) atoms. The standard InChI is InChI=1S/C3H7N.CH5N/c1-2-4-3-1;1-2/h4H,1-3H2;2H2,1H3. The summed E-state index contributed by atoms with van der Waals surface area (Å²) in [6.45, 7) is 2.50. The quantitative estimate of drug-likeness (QED) is 0.421. The van der Waals surface area contributed by atoms with Gasteiger partial charge >= 0.3 is 0 Å². The zero-order valence-electron chi connectivity index (χ0n) is 4.20. The monoisotopic (exact) mass is 88.1 g/mol. The Balaban J connectivity index is 0.000000112. The molecular formula is C4H12N2. The van der Waals surface area contributed by atoms with Crippen molar-refractivity contribution in [2.45, 2.75) is 6.42 Å². The Labute approximate surface area is 38.7 Å². The van der Waals surface area contributed by atoms with Crippen LogP contribution >= 0.6 is 0 Å². The molecular weight excluding hydrogens is 76.1 g/mol. The van der Waals surface area contributed by atoms with Crippen molar-refractivity contribution >= 4 is 0 Å². The highest BCUT2D eigenvalue weighted by Crippen LogP contribution is 1.80. The summed E-state index contributed by atoms with van der Waals surface area (Å²) in [4.78, 5) is 0. The van der Waals surface area contributed by atoms with Crippen LogP contribution in [0.3, 0.4) is 0 Å². The third-order valence-corrected chi connectivity index (χ3v) is 0.707. The lowest BCUT2D eigenvalue weighted by Gasteiger charge is -2.09. The first-order valence-electron chi connectivity index (χ1n) is 2.28. The summed E-state index contributed by atoms with van der Waals surface area (Å²) in [6, 6.07) is 0. The molecule has 0 amide bonds. The van der Waals surface area contributed by atoms with Gasteiger partial charge in [-0.25, -0.2) is 0 Å². The average Bonchev–Trinajstić information content (AvgIpc) is 1.36. The van der Waals surface area contributed by atoms with Crippen LogP contribution in [-0.2, 0) is 0 Å². The van der Waals surface area contributed by atoms with Crippen molar-refractivity contribution in [1.82, 2.24) is 5.32 Å². The van der Waals surface area contributed by atoms with Gasteiger partial charge in [-0.3, -0.25) is 0 Å². The molecule has 1 aliphatic rings. The molecule has 0 saturated carbocycles. The molecule has 0 aliphatic carbocycles. The summed E-state index contributed by atoms with van der Waals surface area (Å²) in [7, 11) is 1.50. The first-order valence-corrected chi connectivity index (χ1v) is 2.28. The number of hydrogen-bond acceptors (Lipinski definition) is 2. The van der Waals surface area contributed by atoms with Gasteiger partial charge in [0.25, 0.3) is 0 Å². The van der Waals surface area contributed by atoms with Crippen molar-refractivity contribution in [2.75, 3.05) is 20.1 Å². The van der Waals surface area contributed by atoms with Gasteiger partial charge < -0.3 is 11.1 Å². The molecule has 0 radical (unpaired) electrons. The molecule has 0 bridgehead atoms. The first-order chi connectivity index (χ1) is 3.00. The highest BCUT2D eigenvalue weighted by Gasteiger charge is 1.92. The number of nitrogens with two attached hydrogens (primary N) is 1. The summed E-state index contributed by atoms with van der Waals surface area (Å²) in [5.41, 5.74) is 4.50. The molecule has 1 rings (SSSR count). The van der Waals surface area contributed by atoms with Crippen LogP contribution in [0.5, 0.6) is 0 Å². The summed E-state index contributed by atoms with van der Waals surface area (Å²) < 4.78 is 0. The topological polar surface area (TPSA) is 38.0 Å². The molecule has 0 aromatic rings. The fraction of sp³-hybridized carbons (Fsp3) is 1.00. The zero-order chi connectivity index (χ0) is 4.83. The first kappa shape index (κ1) is 5.92. The van der Waals surface area contributed by atoms with Gasteiger partial charge in [0.05, 0.1) is 0 Å². The fourth-order valence-corrected chi connectivity index (χ4v) is 0.177. The maximum absolute atomic E-state index is 4.50. The smallest absolute Gasteiger partial charge is 0.00368 e. The van der Waals surface area contributed by atoms with Gasteiger partial charge in [0.2, 0.25) is 0 Å². The van der Waals surface area contributed by atoms with Gasteiger partial charge in [-0.2, -0.15) is 0 Å². The van der Waals surface area contributed by atoms with E-state index in [1.807, 2.05) is 0 Å². The van der Waals surface area contributed by atoms with Gasteiger partial charge in [-0.05, 0) is 26.6 Å². The number of nitrogens with one attached hydrogen (secondary N) is 1. The minimum atomic E-state index is 1.25. The van der Waals surface area contributed by atoms with Gasteiger partial charge in [0.1, 0.15) is 0 Å². The molecule has 3 N–H and O–H groups in total. The van der Waals surface area contributed by atoms with Crippen molar-refractivity contribution in [3.63, 3.8) is 0 Å². The Hall–Kier alpha value is -0.0800. The molecule has 0 aromatic carbocycles. The second-order valence-electron chi connectivity index (χ2n) is 1.10. The normalized spacial score (nSPS) is 17.0. The van der Waals surface area contributed by atoms with Crippen LogP contribution in [0.25, 0.3) is 0 Å². The average molecular weight is 88.2 g/mol. The maximum Gasteiger partial charge on any atom is -0.00368 e. The summed E-state index contributed by atoms with van der Waals surface area (Å²) in [5, 5.41) is 3.11. The predicted molar refractivity (Wildman–Crippen MR) is 27.6 cm³/mol.